The van der Waals surface area contributed by atoms with E-state index >= 15 is 0 Å². The summed E-state index contributed by atoms with van der Waals surface area (Å²) in [5.41, 5.74) is 1.03. The first-order valence-corrected chi connectivity index (χ1v) is 7.90. The highest BCUT2D eigenvalue weighted by Gasteiger charge is 2.11. The zero-order valence-corrected chi connectivity index (χ0v) is 13.7. The van der Waals surface area contributed by atoms with Crippen molar-refractivity contribution in [2.45, 2.75) is 0 Å². The SMILES string of the molecule is COCCNc1nc(-n2cccn2)nc(-n2ccc3ccccc32)n1. The predicted molar refractivity (Wildman–Crippen MR) is 94.1 cm³/mol. The van der Waals surface area contributed by atoms with E-state index in [4.69, 9.17) is 4.74 Å². The summed E-state index contributed by atoms with van der Waals surface area (Å²) in [6.07, 6.45) is 5.43. The van der Waals surface area contributed by atoms with Gasteiger partial charge in [-0.1, -0.05) is 18.2 Å². The summed E-state index contributed by atoms with van der Waals surface area (Å²) in [7, 11) is 1.65. The molecular weight excluding hydrogens is 318 g/mol. The second-order valence-electron chi connectivity index (χ2n) is 5.37. The molecule has 4 aromatic rings. The van der Waals surface area contributed by atoms with Crippen LogP contribution >= 0.6 is 0 Å². The number of aromatic nitrogens is 6. The highest BCUT2D eigenvalue weighted by atomic mass is 16.5. The molecule has 0 aliphatic carbocycles. The van der Waals surface area contributed by atoms with Gasteiger partial charge in [-0.3, -0.25) is 4.57 Å². The van der Waals surface area contributed by atoms with Crippen LogP contribution in [0.25, 0.3) is 22.8 Å². The Labute approximate surface area is 144 Å². The van der Waals surface area contributed by atoms with Gasteiger partial charge in [0.15, 0.2) is 0 Å². The second kappa shape index (κ2) is 6.70. The van der Waals surface area contributed by atoms with E-state index in [0.29, 0.717) is 31.0 Å². The van der Waals surface area contributed by atoms with Gasteiger partial charge >= 0.3 is 0 Å². The molecule has 1 aromatic carbocycles. The highest BCUT2D eigenvalue weighted by Crippen LogP contribution is 2.19. The Balaban J connectivity index is 1.80. The third kappa shape index (κ3) is 3.07. The Bertz CT molecular complexity index is 978. The molecule has 0 unspecified atom stereocenters. The molecule has 0 radical (unpaired) electrons. The van der Waals surface area contributed by atoms with E-state index in [9.17, 15) is 0 Å². The van der Waals surface area contributed by atoms with Crippen molar-refractivity contribution < 1.29 is 4.74 Å². The number of nitrogens with one attached hydrogen (secondary N) is 1. The van der Waals surface area contributed by atoms with Gasteiger partial charge in [-0.25, -0.2) is 4.68 Å². The van der Waals surface area contributed by atoms with Crippen LogP contribution in [-0.2, 0) is 4.74 Å². The lowest BCUT2D eigenvalue weighted by Crippen LogP contribution is -2.15. The largest absolute Gasteiger partial charge is 0.383 e. The fraction of sp³-hybridized carbons (Fsp3) is 0.176. The number of para-hydroxylation sites is 1. The van der Waals surface area contributed by atoms with Crippen LogP contribution in [0.15, 0.2) is 55.0 Å². The molecular formula is C17H17N7O. The van der Waals surface area contributed by atoms with Crippen molar-refractivity contribution >= 4 is 16.9 Å². The van der Waals surface area contributed by atoms with Crippen LogP contribution in [0, 0.1) is 0 Å². The van der Waals surface area contributed by atoms with Crippen molar-refractivity contribution in [3.05, 3.63) is 55.0 Å². The smallest absolute Gasteiger partial charge is 0.257 e. The van der Waals surface area contributed by atoms with E-state index in [0.717, 1.165) is 10.9 Å². The van der Waals surface area contributed by atoms with Crippen molar-refractivity contribution in [2.75, 3.05) is 25.6 Å². The second-order valence-corrected chi connectivity index (χ2v) is 5.37. The molecule has 0 amide bonds. The zero-order valence-electron chi connectivity index (χ0n) is 13.7. The van der Waals surface area contributed by atoms with Crippen molar-refractivity contribution in [2.24, 2.45) is 0 Å². The maximum Gasteiger partial charge on any atom is 0.257 e. The minimum atomic E-state index is 0.452. The van der Waals surface area contributed by atoms with Gasteiger partial charge in [-0.05, 0) is 18.2 Å². The molecule has 1 N–H and O–H groups in total. The molecule has 3 aromatic heterocycles. The van der Waals surface area contributed by atoms with Gasteiger partial charge in [0.05, 0.1) is 12.1 Å². The van der Waals surface area contributed by atoms with E-state index in [1.807, 2.05) is 41.1 Å². The third-order valence-electron chi connectivity index (χ3n) is 3.73. The first kappa shape index (κ1) is 15.3. The lowest BCUT2D eigenvalue weighted by atomic mass is 10.2. The minimum absolute atomic E-state index is 0.452. The number of hydrogen-bond acceptors (Lipinski definition) is 6. The summed E-state index contributed by atoms with van der Waals surface area (Å²) in [5, 5.41) is 8.49. The molecule has 0 atom stereocenters. The molecule has 3 heterocycles. The van der Waals surface area contributed by atoms with Gasteiger partial charge in [-0.2, -0.15) is 20.1 Å². The first-order valence-electron chi connectivity index (χ1n) is 7.90. The standard InChI is InChI=1S/C17H17N7O/c1-25-12-9-18-15-20-16(22-17(21-15)24-10-4-8-19-24)23-11-7-13-5-2-3-6-14(13)23/h2-8,10-11H,9,12H2,1H3,(H,18,20,21,22). The molecule has 0 spiro atoms. The number of methoxy groups -OCH3 is 1. The van der Waals surface area contributed by atoms with Crippen LogP contribution in [0.3, 0.4) is 0 Å². The average Bonchev–Trinajstić information content (AvgIpc) is 3.32. The van der Waals surface area contributed by atoms with Gasteiger partial charge in [0, 0.05) is 37.6 Å². The molecule has 0 saturated heterocycles. The maximum absolute atomic E-state index is 5.07. The minimum Gasteiger partial charge on any atom is -0.383 e. The normalized spacial score (nSPS) is 11.1. The van der Waals surface area contributed by atoms with Gasteiger partial charge in [0.1, 0.15) is 0 Å². The number of anilines is 1. The number of fused-ring (bicyclic) bond motifs is 1. The maximum atomic E-state index is 5.07. The Kier molecular flexibility index (Phi) is 4.09. The van der Waals surface area contributed by atoms with E-state index in [2.05, 4.69) is 31.4 Å². The molecule has 0 aliphatic heterocycles. The summed E-state index contributed by atoms with van der Waals surface area (Å²) in [4.78, 5) is 13.5. The molecule has 0 bridgehead atoms. The zero-order chi connectivity index (χ0) is 17.1. The number of nitrogens with zero attached hydrogens (tertiary/aromatic N) is 6. The lowest BCUT2D eigenvalue weighted by molar-refractivity contribution is 0.210. The molecule has 4 rings (SSSR count). The topological polar surface area (TPSA) is 82.7 Å². The summed E-state index contributed by atoms with van der Waals surface area (Å²) < 4.78 is 8.62. The Hall–Kier alpha value is -3.26. The van der Waals surface area contributed by atoms with Crippen LogP contribution in [0.1, 0.15) is 0 Å². The summed E-state index contributed by atoms with van der Waals surface area (Å²) in [5.74, 6) is 1.46. The Morgan fingerprint density at radius 3 is 2.72 bits per heavy atom. The van der Waals surface area contributed by atoms with Gasteiger partial charge in [0.2, 0.25) is 11.9 Å². The number of hydrogen-bond donors (Lipinski definition) is 1. The summed E-state index contributed by atoms with van der Waals surface area (Å²) in [6.45, 7) is 1.16. The fourth-order valence-electron chi connectivity index (χ4n) is 2.55. The number of rotatable bonds is 6. The van der Waals surface area contributed by atoms with Crippen molar-refractivity contribution in [3.63, 3.8) is 0 Å². The van der Waals surface area contributed by atoms with E-state index in [1.54, 1.807) is 24.2 Å². The van der Waals surface area contributed by atoms with E-state index in [1.165, 1.54) is 0 Å². The number of benzene rings is 1. The Morgan fingerprint density at radius 2 is 1.88 bits per heavy atom. The van der Waals surface area contributed by atoms with Crippen molar-refractivity contribution in [3.8, 4) is 11.9 Å². The van der Waals surface area contributed by atoms with Crippen LogP contribution in [-0.4, -0.2) is 49.6 Å². The first-order chi connectivity index (χ1) is 12.3. The van der Waals surface area contributed by atoms with Crippen LogP contribution in [0.4, 0.5) is 5.95 Å². The molecule has 126 valence electrons. The van der Waals surface area contributed by atoms with Gasteiger partial charge < -0.3 is 10.1 Å². The monoisotopic (exact) mass is 335 g/mol. The summed E-state index contributed by atoms with van der Waals surface area (Å²) in [6, 6.07) is 11.9. The number of ether oxygens (including phenoxy) is 1. The van der Waals surface area contributed by atoms with E-state index < -0.39 is 0 Å². The highest BCUT2D eigenvalue weighted by molar-refractivity contribution is 5.81. The van der Waals surface area contributed by atoms with Gasteiger partial charge in [0.25, 0.3) is 5.95 Å². The quantitative estimate of drug-likeness (QED) is 0.543. The Morgan fingerprint density at radius 1 is 1.00 bits per heavy atom. The molecule has 0 fully saturated rings. The molecule has 8 heteroatoms. The lowest BCUT2D eigenvalue weighted by Gasteiger charge is -2.10. The van der Waals surface area contributed by atoms with Crippen LogP contribution in [0.2, 0.25) is 0 Å². The molecule has 0 aliphatic rings. The molecule has 0 saturated carbocycles. The fourth-order valence-corrected chi connectivity index (χ4v) is 2.55. The molecule has 8 nitrogen and oxygen atoms in total. The third-order valence-corrected chi connectivity index (χ3v) is 3.73. The molecule has 25 heavy (non-hydrogen) atoms. The van der Waals surface area contributed by atoms with Gasteiger partial charge in [-0.15, -0.1) is 0 Å². The summed E-state index contributed by atoms with van der Waals surface area (Å²) >= 11 is 0. The average molecular weight is 335 g/mol. The predicted octanol–water partition coefficient (Wildman–Crippen LogP) is 2.06. The van der Waals surface area contributed by atoms with Crippen LogP contribution in [0.5, 0.6) is 0 Å². The van der Waals surface area contributed by atoms with E-state index in [-0.39, 0.29) is 0 Å². The van der Waals surface area contributed by atoms with Crippen molar-refractivity contribution in [1.29, 1.82) is 0 Å². The van der Waals surface area contributed by atoms with Crippen molar-refractivity contribution in [1.82, 2.24) is 29.3 Å². The van der Waals surface area contributed by atoms with Crippen LogP contribution < -0.4 is 5.32 Å².